The molecule has 0 aliphatic heterocycles. The Hall–Kier alpha value is -1.42. The smallest absolute Gasteiger partial charge is 0.323 e. The summed E-state index contributed by atoms with van der Waals surface area (Å²) >= 11 is 0. The van der Waals surface area contributed by atoms with E-state index in [2.05, 4.69) is 6.58 Å². The van der Waals surface area contributed by atoms with E-state index in [0.717, 1.165) is 0 Å². The molecule has 0 heterocycles. The minimum atomic E-state index is -3.32. The minimum absolute atomic E-state index is 0.0889. The van der Waals surface area contributed by atoms with Crippen LogP contribution in [-0.2, 0) is 13.6 Å². The molecule has 0 radical (unpaired) electrons. The van der Waals surface area contributed by atoms with Crippen molar-refractivity contribution in [2.75, 3.05) is 26.0 Å². The summed E-state index contributed by atoms with van der Waals surface area (Å²) < 4.78 is 23.0. The van der Waals surface area contributed by atoms with Gasteiger partial charge in [-0.25, -0.2) is 0 Å². The fourth-order valence-corrected chi connectivity index (χ4v) is 3.53. The van der Waals surface area contributed by atoms with Crippen LogP contribution in [0.3, 0.4) is 0 Å². The zero-order valence-electron chi connectivity index (χ0n) is 12.5. The van der Waals surface area contributed by atoms with Gasteiger partial charge in [-0.3, -0.25) is 9.36 Å². The predicted molar refractivity (Wildman–Crippen MR) is 83.4 cm³/mol. The fourth-order valence-electron chi connectivity index (χ4n) is 1.85. The Labute approximate surface area is 126 Å². The summed E-state index contributed by atoms with van der Waals surface area (Å²) in [7, 11) is -3.32. The molecule has 0 fully saturated rings. The second kappa shape index (κ2) is 8.78. The molecule has 1 aromatic carbocycles. The number of nitrogens with zero attached hydrogens (tertiary/aromatic N) is 1. The highest BCUT2D eigenvalue weighted by Gasteiger charge is 2.29. The van der Waals surface area contributed by atoms with Gasteiger partial charge < -0.3 is 13.9 Å². The molecular weight excluding hydrogens is 289 g/mol. The maximum Gasteiger partial charge on any atom is 0.349 e. The summed E-state index contributed by atoms with van der Waals surface area (Å²) in [5, 5.41) is 0. The lowest BCUT2D eigenvalue weighted by molar-refractivity contribution is 0.0780. The molecule has 1 amide bonds. The molecule has 0 atom stereocenters. The second-order valence-electron chi connectivity index (χ2n) is 4.27. The SMILES string of the molecule is C=CCN(CP(=O)(OCC)OCC)C(=O)c1ccccc1. The van der Waals surface area contributed by atoms with Crippen molar-refractivity contribution < 1.29 is 18.4 Å². The van der Waals surface area contributed by atoms with Crippen molar-refractivity contribution in [2.24, 2.45) is 0 Å². The molecule has 0 aromatic heterocycles. The Kier molecular flexibility index (Phi) is 7.37. The van der Waals surface area contributed by atoms with Gasteiger partial charge in [0.05, 0.1) is 13.2 Å². The normalized spacial score (nSPS) is 11.1. The summed E-state index contributed by atoms with van der Waals surface area (Å²) in [5.41, 5.74) is 0.527. The van der Waals surface area contributed by atoms with Gasteiger partial charge in [-0.15, -0.1) is 6.58 Å². The molecule has 0 bridgehead atoms. The Morgan fingerprint density at radius 2 is 1.81 bits per heavy atom. The average Bonchev–Trinajstić information content (AvgIpc) is 2.47. The molecular formula is C15H22NO4P. The van der Waals surface area contributed by atoms with Crippen molar-refractivity contribution in [3.8, 4) is 0 Å². The van der Waals surface area contributed by atoms with Gasteiger partial charge in [0.15, 0.2) is 0 Å². The van der Waals surface area contributed by atoms with E-state index in [1.807, 2.05) is 6.07 Å². The van der Waals surface area contributed by atoms with Crippen LogP contribution in [0.4, 0.5) is 0 Å². The lowest BCUT2D eigenvalue weighted by Gasteiger charge is -2.26. The van der Waals surface area contributed by atoms with E-state index in [1.165, 1.54) is 4.90 Å². The van der Waals surface area contributed by atoms with Gasteiger partial charge in [0.2, 0.25) is 0 Å². The third-order valence-corrected chi connectivity index (χ3v) is 4.64. The molecule has 5 nitrogen and oxygen atoms in total. The second-order valence-corrected chi connectivity index (χ2v) is 6.29. The molecule has 0 aliphatic carbocycles. The first-order chi connectivity index (χ1) is 10.1. The third kappa shape index (κ3) is 5.46. The maximum atomic E-state index is 12.6. The highest BCUT2D eigenvalue weighted by atomic mass is 31.2. The number of rotatable bonds is 9. The van der Waals surface area contributed by atoms with Crippen LogP contribution in [0.2, 0.25) is 0 Å². The van der Waals surface area contributed by atoms with E-state index < -0.39 is 7.60 Å². The molecule has 0 spiro atoms. The number of benzene rings is 1. The fraction of sp³-hybridized carbons (Fsp3) is 0.400. The highest BCUT2D eigenvalue weighted by Crippen LogP contribution is 2.48. The standard InChI is InChI=1S/C15H22NO4P/c1-4-12-16(13-21(18,19-5-2)20-6-3)15(17)14-10-8-7-9-11-14/h4,7-11H,1,5-6,12-13H2,2-3H3. The van der Waals surface area contributed by atoms with Gasteiger partial charge in [-0.1, -0.05) is 24.3 Å². The van der Waals surface area contributed by atoms with E-state index in [1.54, 1.807) is 44.2 Å². The van der Waals surface area contributed by atoms with E-state index in [4.69, 9.17) is 9.05 Å². The van der Waals surface area contributed by atoms with Crippen molar-refractivity contribution in [1.82, 2.24) is 4.90 Å². The predicted octanol–water partition coefficient (Wildman–Crippen LogP) is 3.54. The van der Waals surface area contributed by atoms with Crippen LogP contribution in [0, 0.1) is 0 Å². The molecule has 1 rings (SSSR count). The van der Waals surface area contributed by atoms with Crippen LogP contribution >= 0.6 is 7.60 Å². The highest BCUT2D eigenvalue weighted by molar-refractivity contribution is 7.53. The van der Waals surface area contributed by atoms with Crippen molar-refractivity contribution in [3.63, 3.8) is 0 Å². The van der Waals surface area contributed by atoms with Crippen molar-refractivity contribution in [2.45, 2.75) is 13.8 Å². The number of carbonyl (C=O) groups excluding carboxylic acids is 1. The molecule has 21 heavy (non-hydrogen) atoms. The molecule has 0 saturated heterocycles. The molecule has 116 valence electrons. The topological polar surface area (TPSA) is 55.8 Å². The molecule has 1 aromatic rings. The first-order valence-electron chi connectivity index (χ1n) is 6.89. The lowest BCUT2D eigenvalue weighted by Crippen LogP contribution is -2.32. The van der Waals surface area contributed by atoms with Crippen molar-refractivity contribution in [3.05, 3.63) is 48.6 Å². The van der Waals surface area contributed by atoms with Gasteiger partial charge in [0.25, 0.3) is 5.91 Å². The summed E-state index contributed by atoms with van der Waals surface area (Å²) in [6, 6.07) is 8.82. The summed E-state index contributed by atoms with van der Waals surface area (Å²) in [6.07, 6.45) is 1.50. The lowest BCUT2D eigenvalue weighted by atomic mass is 10.2. The monoisotopic (exact) mass is 311 g/mol. The van der Waals surface area contributed by atoms with Crippen LogP contribution in [0.1, 0.15) is 24.2 Å². The van der Waals surface area contributed by atoms with E-state index in [-0.39, 0.29) is 32.0 Å². The Bertz CT molecular complexity index is 494. The molecule has 0 unspecified atom stereocenters. The summed E-state index contributed by atoms with van der Waals surface area (Å²) in [4.78, 5) is 13.9. The zero-order valence-corrected chi connectivity index (χ0v) is 13.4. The van der Waals surface area contributed by atoms with E-state index >= 15 is 0 Å². The van der Waals surface area contributed by atoms with Crippen molar-refractivity contribution in [1.29, 1.82) is 0 Å². The average molecular weight is 311 g/mol. The first kappa shape index (κ1) is 17.6. The van der Waals surface area contributed by atoms with Crippen LogP contribution in [0.15, 0.2) is 43.0 Å². The van der Waals surface area contributed by atoms with Crippen LogP contribution in [0.5, 0.6) is 0 Å². The van der Waals surface area contributed by atoms with Crippen LogP contribution in [-0.4, -0.2) is 36.9 Å². The number of carbonyl (C=O) groups is 1. The Morgan fingerprint density at radius 1 is 1.24 bits per heavy atom. The Morgan fingerprint density at radius 3 is 2.29 bits per heavy atom. The van der Waals surface area contributed by atoms with Gasteiger partial charge in [-0.05, 0) is 26.0 Å². The number of amides is 1. The quantitative estimate of drug-likeness (QED) is 0.517. The van der Waals surface area contributed by atoms with Gasteiger partial charge in [0.1, 0.15) is 6.29 Å². The number of hydrogen-bond donors (Lipinski definition) is 0. The molecule has 0 saturated carbocycles. The molecule has 0 aliphatic rings. The molecule has 0 N–H and O–H groups in total. The van der Waals surface area contributed by atoms with Crippen molar-refractivity contribution >= 4 is 13.5 Å². The zero-order chi connectivity index (χ0) is 15.7. The maximum absolute atomic E-state index is 12.6. The van der Waals surface area contributed by atoms with Gasteiger partial charge in [0, 0.05) is 12.1 Å². The summed E-state index contributed by atoms with van der Waals surface area (Å²) in [6.45, 7) is 7.91. The minimum Gasteiger partial charge on any atom is -0.323 e. The first-order valence-corrected chi connectivity index (χ1v) is 8.62. The molecule has 6 heteroatoms. The van der Waals surface area contributed by atoms with E-state index in [0.29, 0.717) is 5.56 Å². The summed E-state index contributed by atoms with van der Waals surface area (Å²) in [5.74, 6) is -0.227. The van der Waals surface area contributed by atoms with Crippen LogP contribution < -0.4 is 0 Å². The number of hydrogen-bond acceptors (Lipinski definition) is 4. The van der Waals surface area contributed by atoms with E-state index in [9.17, 15) is 9.36 Å². The largest absolute Gasteiger partial charge is 0.349 e. The Balaban J connectivity index is 2.93. The van der Waals surface area contributed by atoms with Gasteiger partial charge in [-0.2, -0.15) is 0 Å². The van der Waals surface area contributed by atoms with Gasteiger partial charge >= 0.3 is 7.60 Å². The van der Waals surface area contributed by atoms with Crippen LogP contribution in [0.25, 0.3) is 0 Å². The third-order valence-electron chi connectivity index (χ3n) is 2.65.